The van der Waals surface area contributed by atoms with Gasteiger partial charge < -0.3 is 10.0 Å². The van der Waals surface area contributed by atoms with Crippen LogP contribution in [0, 0.1) is 11.6 Å². The van der Waals surface area contributed by atoms with Gasteiger partial charge in [-0.15, -0.1) is 11.8 Å². The molecule has 0 spiro atoms. The van der Waals surface area contributed by atoms with Crippen molar-refractivity contribution in [2.45, 2.75) is 6.04 Å². The molecule has 2 rings (SSSR count). The molecule has 1 fully saturated rings. The van der Waals surface area contributed by atoms with E-state index in [-0.39, 0.29) is 11.6 Å². The number of carboxylic acids is 1. The van der Waals surface area contributed by atoms with Crippen LogP contribution in [0.15, 0.2) is 18.2 Å². The summed E-state index contributed by atoms with van der Waals surface area (Å²) >= 11 is 1.23. The standard InChI is InChI=1S/C11H9F2NO3S/c12-6-2-1-3-7(13)9(6)10(15)14-5-18-4-8(14)11(16)17/h1-3,8H,4-5H2,(H,16,17)/t8-/m0/s1. The van der Waals surface area contributed by atoms with Gasteiger partial charge in [-0.1, -0.05) is 6.07 Å². The molecule has 1 atom stereocenters. The highest BCUT2D eigenvalue weighted by Gasteiger charge is 2.36. The van der Waals surface area contributed by atoms with Crippen molar-refractivity contribution in [3.63, 3.8) is 0 Å². The lowest BCUT2D eigenvalue weighted by molar-refractivity contribution is -0.140. The van der Waals surface area contributed by atoms with Gasteiger partial charge in [0.15, 0.2) is 0 Å². The van der Waals surface area contributed by atoms with E-state index in [4.69, 9.17) is 5.11 Å². The van der Waals surface area contributed by atoms with E-state index >= 15 is 0 Å². The summed E-state index contributed by atoms with van der Waals surface area (Å²) in [5.74, 6) is -3.74. The Hall–Kier alpha value is -1.63. The summed E-state index contributed by atoms with van der Waals surface area (Å²) in [5.41, 5.74) is -0.703. The zero-order chi connectivity index (χ0) is 13.3. The number of thioether (sulfide) groups is 1. The number of rotatable bonds is 2. The van der Waals surface area contributed by atoms with Gasteiger partial charge in [-0.3, -0.25) is 4.79 Å². The van der Waals surface area contributed by atoms with Crippen molar-refractivity contribution < 1.29 is 23.5 Å². The Balaban J connectivity index is 2.34. The second kappa shape index (κ2) is 4.93. The quantitative estimate of drug-likeness (QED) is 0.888. The molecule has 1 heterocycles. The molecule has 1 aliphatic rings. The van der Waals surface area contributed by atoms with E-state index in [0.29, 0.717) is 0 Å². The van der Waals surface area contributed by atoms with Crippen LogP contribution in [0.25, 0.3) is 0 Å². The van der Waals surface area contributed by atoms with E-state index in [2.05, 4.69) is 0 Å². The Kier molecular flexibility index (Phi) is 3.51. The van der Waals surface area contributed by atoms with Crippen LogP contribution >= 0.6 is 11.8 Å². The lowest BCUT2D eigenvalue weighted by Crippen LogP contribution is -2.42. The summed E-state index contributed by atoms with van der Waals surface area (Å²) < 4.78 is 26.9. The monoisotopic (exact) mass is 273 g/mol. The molecule has 1 aromatic carbocycles. The van der Waals surface area contributed by atoms with E-state index in [1.807, 2.05) is 0 Å². The molecule has 0 aliphatic carbocycles. The van der Waals surface area contributed by atoms with Crippen LogP contribution in [-0.4, -0.2) is 39.6 Å². The molecule has 96 valence electrons. The van der Waals surface area contributed by atoms with Crippen LogP contribution in [0.3, 0.4) is 0 Å². The number of benzene rings is 1. The smallest absolute Gasteiger partial charge is 0.327 e. The Morgan fingerprint density at radius 1 is 1.33 bits per heavy atom. The van der Waals surface area contributed by atoms with Crippen molar-refractivity contribution >= 4 is 23.6 Å². The highest BCUT2D eigenvalue weighted by Crippen LogP contribution is 2.25. The van der Waals surface area contributed by atoms with Gasteiger partial charge in [0.25, 0.3) is 5.91 Å². The average Bonchev–Trinajstić information content (AvgIpc) is 2.77. The summed E-state index contributed by atoms with van der Waals surface area (Å²) in [4.78, 5) is 23.9. The average molecular weight is 273 g/mol. The van der Waals surface area contributed by atoms with Crippen LogP contribution in [-0.2, 0) is 4.79 Å². The van der Waals surface area contributed by atoms with E-state index in [1.165, 1.54) is 11.8 Å². The molecule has 1 aliphatic heterocycles. The zero-order valence-electron chi connectivity index (χ0n) is 9.10. The van der Waals surface area contributed by atoms with Crippen molar-refractivity contribution in [3.05, 3.63) is 35.4 Å². The molecule has 1 N–H and O–H groups in total. The maximum atomic E-state index is 13.4. The highest BCUT2D eigenvalue weighted by molar-refractivity contribution is 7.99. The molecule has 1 aromatic rings. The normalized spacial score (nSPS) is 19.0. The second-order valence-corrected chi connectivity index (χ2v) is 4.73. The van der Waals surface area contributed by atoms with Gasteiger partial charge in [0.2, 0.25) is 0 Å². The van der Waals surface area contributed by atoms with Gasteiger partial charge in [0, 0.05) is 5.75 Å². The molecule has 0 radical (unpaired) electrons. The number of carbonyl (C=O) groups is 2. The molecule has 0 bridgehead atoms. The molecule has 0 unspecified atom stereocenters. The largest absolute Gasteiger partial charge is 0.480 e. The first-order chi connectivity index (χ1) is 8.52. The summed E-state index contributed by atoms with van der Waals surface area (Å²) in [6.45, 7) is 0. The first kappa shape index (κ1) is 12.8. The van der Waals surface area contributed by atoms with Gasteiger partial charge in [-0.25, -0.2) is 13.6 Å². The maximum Gasteiger partial charge on any atom is 0.327 e. The molecule has 4 nitrogen and oxygen atoms in total. The van der Waals surface area contributed by atoms with E-state index < -0.39 is 35.1 Å². The first-order valence-corrected chi connectivity index (χ1v) is 6.23. The Labute approximate surface area is 106 Å². The predicted molar refractivity (Wildman–Crippen MR) is 61.3 cm³/mol. The number of nitrogens with zero attached hydrogens (tertiary/aromatic N) is 1. The van der Waals surface area contributed by atoms with E-state index in [1.54, 1.807) is 0 Å². The number of hydrogen-bond donors (Lipinski definition) is 1. The summed E-state index contributed by atoms with van der Waals surface area (Å²) in [6, 6.07) is 2.04. The van der Waals surface area contributed by atoms with Gasteiger partial charge >= 0.3 is 5.97 Å². The number of aliphatic carboxylic acids is 1. The molecular weight excluding hydrogens is 264 g/mol. The summed E-state index contributed by atoms with van der Waals surface area (Å²) in [7, 11) is 0. The third-order valence-electron chi connectivity index (χ3n) is 2.60. The molecule has 1 amide bonds. The molecule has 18 heavy (non-hydrogen) atoms. The minimum Gasteiger partial charge on any atom is -0.480 e. The zero-order valence-corrected chi connectivity index (χ0v) is 9.92. The SMILES string of the molecule is O=C(O)[C@@H]1CSCN1C(=O)c1c(F)cccc1F. The third-order valence-corrected chi connectivity index (χ3v) is 3.62. The van der Waals surface area contributed by atoms with Gasteiger partial charge in [0.05, 0.1) is 5.88 Å². The van der Waals surface area contributed by atoms with Crippen molar-refractivity contribution in [1.29, 1.82) is 0 Å². The van der Waals surface area contributed by atoms with Crippen molar-refractivity contribution in [3.8, 4) is 0 Å². The topological polar surface area (TPSA) is 57.6 Å². The van der Waals surface area contributed by atoms with E-state index in [0.717, 1.165) is 23.1 Å². The van der Waals surface area contributed by atoms with Crippen molar-refractivity contribution in [2.75, 3.05) is 11.6 Å². The van der Waals surface area contributed by atoms with Gasteiger partial charge in [-0.2, -0.15) is 0 Å². The minimum atomic E-state index is -1.18. The Morgan fingerprint density at radius 3 is 2.50 bits per heavy atom. The fraction of sp³-hybridized carbons (Fsp3) is 0.273. The first-order valence-electron chi connectivity index (χ1n) is 5.08. The van der Waals surface area contributed by atoms with Crippen LogP contribution in [0.5, 0.6) is 0 Å². The van der Waals surface area contributed by atoms with Crippen LogP contribution in [0.1, 0.15) is 10.4 Å². The number of hydrogen-bond acceptors (Lipinski definition) is 3. The highest BCUT2D eigenvalue weighted by atomic mass is 32.2. The second-order valence-electron chi connectivity index (χ2n) is 3.73. The number of amides is 1. The summed E-state index contributed by atoms with van der Waals surface area (Å²) in [5, 5.41) is 8.92. The fourth-order valence-electron chi connectivity index (χ4n) is 1.69. The maximum absolute atomic E-state index is 13.4. The number of carboxylic acid groups (broad SMARTS) is 1. The van der Waals surface area contributed by atoms with Gasteiger partial charge in [0.1, 0.15) is 23.2 Å². The lowest BCUT2D eigenvalue weighted by Gasteiger charge is -2.20. The molecule has 7 heteroatoms. The lowest BCUT2D eigenvalue weighted by atomic mass is 10.1. The van der Waals surface area contributed by atoms with Crippen LogP contribution < -0.4 is 0 Å². The Morgan fingerprint density at radius 2 is 1.94 bits per heavy atom. The predicted octanol–water partition coefficient (Wildman–Crippen LogP) is 1.56. The van der Waals surface area contributed by atoms with Crippen LogP contribution in [0.4, 0.5) is 8.78 Å². The molecule has 0 aromatic heterocycles. The van der Waals surface area contributed by atoms with E-state index in [9.17, 15) is 18.4 Å². The van der Waals surface area contributed by atoms with Gasteiger partial charge in [-0.05, 0) is 12.1 Å². The minimum absolute atomic E-state index is 0.115. The molecule has 0 saturated carbocycles. The summed E-state index contributed by atoms with van der Waals surface area (Å²) in [6.07, 6.45) is 0. The number of halogens is 2. The number of carbonyl (C=O) groups excluding carboxylic acids is 1. The van der Waals surface area contributed by atoms with Crippen LogP contribution in [0.2, 0.25) is 0 Å². The Bertz CT molecular complexity index is 489. The van der Waals surface area contributed by atoms with Crippen molar-refractivity contribution in [2.24, 2.45) is 0 Å². The molecule has 1 saturated heterocycles. The fourth-order valence-corrected chi connectivity index (χ4v) is 2.84. The molecular formula is C11H9F2NO3S. The third kappa shape index (κ3) is 2.17. The van der Waals surface area contributed by atoms with Crippen molar-refractivity contribution in [1.82, 2.24) is 4.90 Å².